The minimum Gasteiger partial charge on any atom is -0.478 e. The number of esters is 1. The molecule has 1 heterocycles. The van der Waals surface area contributed by atoms with Crippen molar-refractivity contribution in [2.75, 3.05) is 11.9 Å². The number of nitrogens with zero attached hydrogens (tertiary/aromatic N) is 1. The van der Waals surface area contributed by atoms with Crippen molar-refractivity contribution < 1.29 is 33.8 Å². The molecule has 3 atom stereocenters. The molecule has 0 bridgehead atoms. The predicted octanol–water partition coefficient (Wildman–Crippen LogP) is 3.40. The van der Waals surface area contributed by atoms with Gasteiger partial charge in [0.05, 0.1) is 18.2 Å². The summed E-state index contributed by atoms with van der Waals surface area (Å²) in [6.07, 6.45) is 0.101. The summed E-state index contributed by atoms with van der Waals surface area (Å²) >= 11 is 0. The Hall–Kier alpha value is -4.21. The first kappa shape index (κ1) is 27.4. The van der Waals surface area contributed by atoms with Crippen molar-refractivity contribution in [2.45, 2.75) is 51.8 Å². The van der Waals surface area contributed by atoms with Gasteiger partial charge in [0, 0.05) is 11.6 Å². The van der Waals surface area contributed by atoms with E-state index in [0.29, 0.717) is 5.56 Å². The summed E-state index contributed by atoms with van der Waals surface area (Å²) < 4.78 is 5.56. The van der Waals surface area contributed by atoms with Crippen LogP contribution in [0.25, 0.3) is 0 Å². The second-order valence-corrected chi connectivity index (χ2v) is 9.85. The molecule has 2 aromatic rings. The van der Waals surface area contributed by atoms with Gasteiger partial charge in [-0.05, 0) is 57.9 Å². The van der Waals surface area contributed by atoms with Gasteiger partial charge in [0.15, 0.2) is 0 Å². The molecule has 10 nitrogen and oxygen atoms in total. The Labute approximate surface area is 215 Å². The van der Waals surface area contributed by atoms with Crippen LogP contribution in [0.15, 0.2) is 54.6 Å². The second-order valence-electron chi connectivity index (χ2n) is 9.85. The summed E-state index contributed by atoms with van der Waals surface area (Å²) in [6.45, 7) is 6.12. The fourth-order valence-corrected chi connectivity index (χ4v) is 4.36. The first-order chi connectivity index (χ1) is 17.4. The van der Waals surface area contributed by atoms with Crippen molar-refractivity contribution in [3.63, 3.8) is 0 Å². The van der Waals surface area contributed by atoms with Crippen LogP contribution in [-0.2, 0) is 19.1 Å². The number of ether oxygens (including phenoxy) is 1. The number of carboxylic acid groups (broad SMARTS) is 1. The predicted molar refractivity (Wildman–Crippen MR) is 135 cm³/mol. The van der Waals surface area contributed by atoms with Gasteiger partial charge in [-0.3, -0.25) is 9.59 Å². The van der Waals surface area contributed by atoms with E-state index >= 15 is 0 Å². The fourth-order valence-electron chi connectivity index (χ4n) is 4.36. The quantitative estimate of drug-likeness (QED) is 0.486. The Kier molecular flexibility index (Phi) is 8.31. The monoisotopic (exact) mass is 509 g/mol. The van der Waals surface area contributed by atoms with Gasteiger partial charge in [-0.25, -0.2) is 14.4 Å². The number of hydrogen-bond donors (Lipinski definition) is 3. The van der Waals surface area contributed by atoms with Gasteiger partial charge in [-0.1, -0.05) is 36.4 Å². The molecule has 37 heavy (non-hydrogen) atoms. The topological polar surface area (TPSA) is 142 Å². The molecule has 10 heteroatoms. The first-order valence-corrected chi connectivity index (χ1v) is 11.8. The van der Waals surface area contributed by atoms with Crippen LogP contribution in [0.4, 0.5) is 10.5 Å². The molecule has 0 saturated carbocycles. The van der Waals surface area contributed by atoms with E-state index < -0.39 is 54.0 Å². The molecule has 196 valence electrons. The number of urea groups is 1. The number of likely N-dealkylation sites (tertiary alicyclic amines) is 1. The Morgan fingerprint density at radius 3 is 2.30 bits per heavy atom. The zero-order valence-electron chi connectivity index (χ0n) is 21.2. The van der Waals surface area contributed by atoms with Crippen LogP contribution < -0.4 is 10.6 Å². The minimum atomic E-state index is -1.14. The number of nitrogens with one attached hydrogen (secondary N) is 2. The third kappa shape index (κ3) is 6.93. The van der Waals surface area contributed by atoms with Crippen LogP contribution in [0, 0.1) is 5.92 Å². The van der Waals surface area contributed by atoms with E-state index in [1.807, 2.05) is 6.07 Å². The molecule has 0 aromatic heterocycles. The highest BCUT2D eigenvalue weighted by Gasteiger charge is 2.50. The van der Waals surface area contributed by atoms with Crippen molar-refractivity contribution in [1.29, 1.82) is 0 Å². The lowest BCUT2D eigenvalue weighted by Crippen LogP contribution is -2.48. The number of Topliss-reactive ketones (excluding diaryl/α,β-unsaturated/α-hetero) is 1. The lowest BCUT2D eigenvalue weighted by Gasteiger charge is -2.32. The van der Waals surface area contributed by atoms with Gasteiger partial charge in [0.2, 0.25) is 5.91 Å². The highest BCUT2D eigenvalue weighted by atomic mass is 16.6. The van der Waals surface area contributed by atoms with Crippen LogP contribution in [0.3, 0.4) is 0 Å². The average molecular weight is 510 g/mol. The summed E-state index contributed by atoms with van der Waals surface area (Å²) in [6, 6.07) is 12.2. The highest BCUT2D eigenvalue weighted by Crippen LogP contribution is 2.42. The second kappa shape index (κ2) is 11.2. The minimum absolute atomic E-state index is 0.00729. The van der Waals surface area contributed by atoms with E-state index in [-0.39, 0.29) is 23.5 Å². The van der Waals surface area contributed by atoms with Gasteiger partial charge >= 0.3 is 18.0 Å². The largest absolute Gasteiger partial charge is 0.478 e. The van der Waals surface area contributed by atoms with Gasteiger partial charge in [0.25, 0.3) is 0 Å². The summed E-state index contributed by atoms with van der Waals surface area (Å²) in [4.78, 5) is 64.1. The van der Waals surface area contributed by atoms with Crippen molar-refractivity contribution in [1.82, 2.24) is 10.2 Å². The normalized spacial score (nSPS) is 19.1. The highest BCUT2D eigenvalue weighted by molar-refractivity contribution is 5.96. The molecule has 2 aromatic carbocycles. The molecule has 1 fully saturated rings. The van der Waals surface area contributed by atoms with E-state index in [2.05, 4.69) is 10.6 Å². The summed E-state index contributed by atoms with van der Waals surface area (Å²) in [5, 5.41) is 14.1. The third-order valence-electron chi connectivity index (χ3n) is 5.89. The van der Waals surface area contributed by atoms with Gasteiger partial charge in [-0.2, -0.15) is 0 Å². The van der Waals surface area contributed by atoms with E-state index in [0.717, 1.165) is 0 Å². The number of aromatic carboxylic acids is 1. The van der Waals surface area contributed by atoms with Crippen molar-refractivity contribution >= 4 is 35.3 Å². The average Bonchev–Trinajstić information content (AvgIpc) is 3.24. The number of carbonyl (C=O) groups excluding carboxylic acids is 4. The maximum absolute atomic E-state index is 13.5. The molecule has 0 radical (unpaired) electrons. The zero-order valence-corrected chi connectivity index (χ0v) is 21.2. The van der Waals surface area contributed by atoms with Gasteiger partial charge in [-0.15, -0.1) is 0 Å². The Balaban J connectivity index is 1.83. The molecule has 0 spiro atoms. The fraction of sp³-hybridized carbons (Fsp3) is 0.370. The Bertz CT molecular complexity index is 1190. The number of carbonyl (C=O) groups is 5. The number of amides is 3. The van der Waals surface area contributed by atoms with E-state index in [4.69, 9.17) is 9.84 Å². The molecule has 3 unspecified atom stereocenters. The number of anilines is 1. The molecular formula is C27H31N3O7. The van der Waals surface area contributed by atoms with Crippen LogP contribution in [0.5, 0.6) is 0 Å². The summed E-state index contributed by atoms with van der Waals surface area (Å²) in [5.41, 5.74) is 0.117. The standard InChI is InChI=1S/C27H31N3O7/c1-16(31)20-14-21(25(35)37-27(2,3)4)30(23(20)17-9-6-5-7-10-17)22(32)15-28-26(36)29-19-12-8-11-18(13-19)24(33)34/h5-13,20-21,23H,14-15H2,1-4H3,(H,33,34)(H2,28,29,36). The number of ketones is 1. The smallest absolute Gasteiger partial charge is 0.335 e. The van der Waals surface area contributed by atoms with Gasteiger partial charge in [0.1, 0.15) is 17.4 Å². The lowest BCUT2D eigenvalue weighted by atomic mass is 9.90. The van der Waals surface area contributed by atoms with Crippen LogP contribution in [-0.4, -0.2) is 57.9 Å². The Morgan fingerprint density at radius 1 is 1.03 bits per heavy atom. The lowest BCUT2D eigenvalue weighted by molar-refractivity contribution is -0.164. The van der Waals surface area contributed by atoms with E-state index in [9.17, 15) is 24.0 Å². The number of rotatable bonds is 7. The van der Waals surface area contributed by atoms with E-state index in [1.165, 1.54) is 36.1 Å². The molecule has 3 amide bonds. The summed E-state index contributed by atoms with van der Waals surface area (Å²) in [7, 11) is 0. The Morgan fingerprint density at radius 2 is 1.70 bits per heavy atom. The summed E-state index contributed by atoms with van der Waals surface area (Å²) in [5.74, 6) is -3.13. The first-order valence-electron chi connectivity index (χ1n) is 11.8. The number of hydrogen-bond acceptors (Lipinski definition) is 6. The number of benzene rings is 2. The van der Waals surface area contributed by atoms with E-state index in [1.54, 1.807) is 45.0 Å². The molecule has 0 aliphatic carbocycles. The molecule has 3 N–H and O–H groups in total. The van der Waals surface area contributed by atoms with Gasteiger partial charge < -0.3 is 25.4 Å². The zero-order chi connectivity index (χ0) is 27.3. The van der Waals surface area contributed by atoms with Crippen molar-refractivity contribution in [3.8, 4) is 0 Å². The van der Waals surface area contributed by atoms with Crippen molar-refractivity contribution in [2.24, 2.45) is 5.92 Å². The SMILES string of the molecule is CC(=O)C1CC(C(=O)OC(C)(C)C)N(C(=O)CNC(=O)Nc2cccc(C(=O)O)c2)C1c1ccccc1. The number of carboxylic acids is 1. The molecule has 1 saturated heterocycles. The maximum Gasteiger partial charge on any atom is 0.335 e. The molecule has 3 rings (SSSR count). The maximum atomic E-state index is 13.5. The molecule has 1 aliphatic heterocycles. The van der Waals surface area contributed by atoms with Crippen LogP contribution >= 0.6 is 0 Å². The molecular weight excluding hydrogens is 478 g/mol. The molecule has 1 aliphatic rings. The third-order valence-corrected chi connectivity index (χ3v) is 5.89. The van der Waals surface area contributed by atoms with Crippen LogP contribution in [0.1, 0.15) is 56.1 Å². The van der Waals surface area contributed by atoms with Crippen molar-refractivity contribution in [3.05, 3.63) is 65.7 Å². The van der Waals surface area contributed by atoms with Crippen LogP contribution in [0.2, 0.25) is 0 Å².